The first kappa shape index (κ1) is 21.2. The molecule has 156 valence electrons. The number of carbonyl (C=O) groups is 3. The normalized spacial score (nSPS) is 10.4. The number of aromatic nitrogens is 2. The summed E-state index contributed by atoms with van der Waals surface area (Å²) in [7, 11) is 0. The number of nitrogens with zero attached hydrogens (tertiary/aromatic N) is 2. The first-order chi connectivity index (χ1) is 14.5. The van der Waals surface area contributed by atoms with E-state index in [0.29, 0.717) is 28.7 Å². The van der Waals surface area contributed by atoms with E-state index in [4.69, 9.17) is 4.42 Å². The average Bonchev–Trinajstić information content (AvgIpc) is 3.35. The molecular weight excluding hydrogens is 406 g/mol. The second kappa shape index (κ2) is 10.3. The van der Waals surface area contributed by atoms with Crippen LogP contribution >= 0.6 is 11.3 Å². The summed E-state index contributed by atoms with van der Waals surface area (Å²) in [4.78, 5) is 44.2. The van der Waals surface area contributed by atoms with Crippen LogP contribution in [0.25, 0.3) is 0 Å². The fourth-order valence-electron chi connectivity index (χ4n) is 2.56. The van der Waals surface area contributed by atoms with Gasteiger partial charge in [-0.15, -0.1) is 11.3 Å². The van der Waals surface area contributed by atoms with E-state index in [1.165, 1.54) is 17.6 Å². The molecule has 0 aliphatic carbocycles. The summed E-state index contributed by atoms with van der Waals surface area (Å²) in [5.41, 5.74) is 1.93. The number of aryl methyl sites for hydroxylation is 1. The van der Waals surface area contributed by atoms with Gasteiger partial charge < -0.3 is 15.1 Å². The third-order valence-corrected chi connectivity index (χ3v) is 4.94. The number of hydrogen-bond donors (Lipinski definition) is 3. The van der Waals surface area contributed by atoms with Gasteiger partial charge in [-0.05, 0) is 30.7 Å². The average molecular weight is 427 g/mol. The van der Waals surface area contributed by atoms with Gasteiger partial charge in [0.1, 0.15) is 5.76 Å². The Morgan fingerprint density at radius 2 is 1.90 bits per heavy atom. The maximum absolute atomic E-state index is 12.2. The molecule has 3 heterocycles. The molecule has 0 saturated heterocycles. The summed E-state index contributed by atoms with van der Waals surface area (Å²) in [5, 5.41) is 10.3. The van der Waals surface area contributed by atoms with Gasteiger partial charge in [0, 0.05) is 37.3 Å². The predicted molar refractivity (Wildman–Crippen MR) is 111 cm³/mol. The van der Waals surface area contributed by atoms with Crippen molar-refractivity contribution in [1.82, 2.24) is 20.6 Å². The lowest BCUT2D eigenvalue weighted by Gasteiger charge is -2.06. The van der Waals surface area contributed by atoms with Crippen LogP contribution in [0.3, 0.4) is 0 Å². The number of rotatable bonds is 9. The van der Waals surface area contributed by atoms with Gasteiger partial charge in [0.15, 0.2) is 5.13 Å². The molecule has 0 saturated carbocycles. The number of pyridine rings is 1. The van der Waals surface area contributed by atoms with Crippen molar-refractivity contribution in [3.63, 3.8) is 0 Å². The molecule has 3 amide bonds. The first-order valence-electron chi connectivity index (χ1n) is 9.23. The zero-order chi connectivity index (χ0) is 21.3. The molecule has 0 spiro atoms. The molecule has 30 heavy (non-hydrogen) atoms. The van der Waals surface area contributed by atoms with Crippen LogP contribution in [0.5, 0.6) is 0 Å². The quantitative estimate of drug-likeness (QED) is 0.480. The van der Waals surface area contributed by atoms with Gasteiger partial charge in [-0.3, -0.25) is 24.7 Å². The Bertz CT molecular complexity index is 1020. The van der Waals surface area contributed by atoms with Crippen molar-refractivity contribution < 1.29 is 18.8 Å². The Hall–Kier alpha value is -3.53. The van der Waals surface area contributed by atoms with Gasteiger partial charge in [-0.1, -0.05) is 0 Å². The number of carbonyl (C=O) groups excluding carboxylic acids is 3. The predicted octanol–water partition coefficient (Wildman–Crippen LogP) is 2.06. The van der Waals surface area contributed by atoms with E-state index in [-0.39, 0.29) is 37.1 Å². The fraction of sp³-hybridized carbons (Fsp3) is 0.250. The fourth-order valence-corrected chi connectivity index (χ4v) is 3.27. The van der Waals surface area contributed by atoms with Crippen LogP contribution < -0.4 is 16.0 Å². The molecule has 3 rings (SSSR count). The van der Waals surface area contributed by atoms with E-state index in [0.717, 1.165) is 5.56 Å². The Labute approximate surface area is 176 Å². The molecule has 0 bridgehead atoms. The number of furan rings is 1. The van der Waals surface area contributed by atoms with Crippen molar-refractivity contribution in [2.75, 3.05) is 11.9 Å². The van der Waals surface area contributed by atoms with E-state index >= 15 is 0 Å². The highest BCUT2D eigenvalue weighted by molar-refractivity contribution is 7.14. The van der Waals surface area contributed by atoms with Crippen LogP contribution in [-0.2, 0) is 22.6 Å². The largest absolute Gasteiger partial charge is 0.469 e. The molecule has 3 aromatic heterocycles. The van der Waals surface area contributed by atoms with Crippen LogP contribution in [0.2, 0.25) is 0 Å². The molecule has 0 aromatic carbocycles. The number of hydrogen-bond acceptors (Lipinski definition) is 7. The Morgan fingerprint density at radius 1 is 1.10 bits per heavy atom. The van der Waals surface area contributed by atoms with Crippen LogP contribution in [0, 0.1) is 6.92 Å². The van der Waals surface area contributed by atoms with Gasteiger partial charge in [0.05, 0.1) is 23.9 Å². The molecule has 0 fully saturated rings. The number of amides is 3. The smallest absolute Gasteiger partial charge is 0.260 e. The van der Waals surface area contributed by atoms with Crippen molar-refractivity contribution >= 4 is 34.2 Å². The molecule has 0 atom stereocenters. The highest BCUT2D eigenvalue weighted by atomic mass is 32.1. The number of nitrogens with one attached hydrogen (secondary N) is 3. The third-order valence-electron chi connectivity index (χ3n) is 4.13. The van der Waals surface area contributed by atoms with E-state index in [9.17, 15) is 14.4 Å². The minimum absolute atomic E-state index is 0.0652. The van der Waals surface area contributed by atoms with E-state index in [1.807, 2.05) is 12.1 Å². The Kier molecular flexibility index (Phi) is 7.28. The van der Waals surface area contributed by atoms with Gasteiger partial charge in [-0.2, -0.15) is 0 Å². The molecule has 3 aromatic rings. The van der Waals surface area contributed by atoms with Crippen molar-refractivity contribution in [2.45, 2.75) is 26.3 Å². The van der Waals surface area contributed by atoms with Crippen molar-refractivity contribution in [1.29, 1.82) is 0 Å². The van der Waals surface area contributed by atoms with E-state index < -0.39 is 0 Å². The highest BCUT2D eigenvalue weighted by Gasteiger charge is 2.14. The van der Waals surface area contributed by atoms with Gasteiger partial charge in [-0.25, -0.2) is 4.98 Å². The summed E-state index contributed by atoms with van der Waals surface area (Å²) in [6.07, 6.45) is 5.02. The molecule has 0 unspecified atom stereocenters. The van der Waals surface area contributed by atoms with Gasteiger partial charge in [0.25, 0.3) is 5.91 Å². The molecular formula is C20H21N5O4S. The standard InChI is InChI=1S/C20H21N5O4S/c1-13-16(5-9-29-13)19(28)25-20-24-15(12-30-20)10-18(27)22-8-4-17(26)23-11-14-2-6-21-7-3-14/h2-3,5-7,9,12H,4,8,10-11H2,1H3,(H,22,27)(H,23,26)(H,24,25,28). The molecule has 0 aliphatic heterocycles. The zero-order valence-electron chi connectivity index (χ0n) is 16.3. The lowest BCUT2D eigenvalue weighted by atomic mass is 10.2. The van der Waals surface area contributed by atoms with E-state index in [2.05, 4.69) is 25.9 Å². The molecule has 0 aliphatic rings. The molecule has 0 radical (unpaired) electrons. The second-order valence-corrected chi connectivity index (χ2v) is 7.26. The SMILES string of the molecule is Cc1occc1C(=O)Nc1nc(CC(=O)NCCC(=O)NCc2ccncc2)cs1. The second-order valence-electron chi connectivity index (χ2n) is 6.40. The number of thiazole rings is 1. The lowest BCUT2D eigenvalue weighted by Crippen LogP contribution is -2.31. The molecule has 10 heteroatoms. The third kappa shape index (κ3) is 6.24. The summed E-state index contributed by atoms with van der Waals surface area (Å²) in [5.74, 6) is -0.191. The van der Waals surface area contributed by atoms with Crippen molar-refractivity contribution in [3.8, 4) is 0 Å². The monoisotopic (exact) mass is 427 g/mol. The maximum atomic E-state index is 12.2. The molecule has 9 nitrogen and oxygen atoms in total. The van der Waals surface area contributed by atoms with Gasteiger partial charge in [0.2, 0.25) is 11.8 Å². The Morgan fingerprint density at radius 3 is 2.63 bits per heavy atom. The molecule has 3 N–H and O–H groups in total. The van der Waals surface area contributed by atoms with E-state index in [1.54, 1.807) is 30.8 Å². The summed E-state index contributed by atoms with van der Waals surface area (Å²) in [6.45, 7) is 2.35. The topological polar surface area (TPSA) is 126 Å². The van der Waals surface area contributed by atoms with Crippen LogP contribution in [0.15, 0.2) is 46.7 Å². The van der Waals surface area contributed by atoms with Crippen molar-refractivity contribution in [3.05, 3.63) is 64.8 Å². The lowest BCUT2D eigenvalue weighted by molar-refractivity contribution is -0.122. The minimum atomic E-state index is -0.315. The summed E-state index contributed by atoms with van der Waals surface area (Å²) < 4.78 is 5.11. The maximum Gasteiger partial charge on any atom is 0.260 e. The first-order valence-corrected chi connectivity index (χ1v) is 10.1. The zero-order valence-corrected chi connectivity index (χ0v) is 17.1. The van der Waals surface area contributed by atoms with Crippen molar-refractivity contribution in [2.24, 2.45) is 0 Å². The minimum Gasteiger partial charge on any atom is -0.469 e. The summed E-state index contributed by atoms with van der Waals surface area (Å²) >= 11 is 1.23. The van der Waals surface area contributed by atoms with Crippen LogP contribution in [0.4, 0.5) is 5.13 Å². The number of anilines is 1. The summed E-state index contributed by atoms with van der Waals surface area (Å²) in [6, 6.07) is 5.23. The van der Waals surface area contributed by atoms with Crippen LogP contribution in [0.1, 0.15) is 33.8 Å². The van der Waals surface area contributed by atoms with Gasteiger partial charge >= 0.3 is 0 Å². The Balaban J connectivity index is 1.36. The van der Waals surface area contributed by atoms with Crippen LogP contribution in [-0.4, -0.2) is 34.2 Å². The highest BCUT2D eigenvalue weighted by Crippen LogP contribution is 2.18.